The molecule has 0 atom stereocenters. The molecule has 0 radical (unpaired) electrons. The van der Waals surface area contributed by atoms with Gasteiger partial charge in [0.25, 0.3) is 0 Å². The first-order valence-corrected chi connectivity index (χ1v) is 9.46. The van der Waals surface area contributed by atoms with Crippen LogP contribution in [0.5, 0.6) is 11.5 Å². The lowest BCUT2D eigenvalue weighted by molar-refractivity contribution is 0.123. The monoisotopic (exact) mass is 491 g/mol. The zero-order chi connectivity index (χ0) is 18.8. The van der Waals surface area contributed by atoms with Gasteiger partial charge in [0.2, 0.25) is 0 Å². The first kappa shape index (κ1) is 23.8. The highest BCUT2D eigenvalue weighted by Crippen LogP contribution is 2.28. The Morgan fingerprint density at radius 3 is 2.67 bits per heavy atom. The minimum atomic E-state index is 0. The zero-order valence-corrected chi connectivity index (χ0v) is 19.3. The summed E-state index contributed by atoms with van der Waals surface area (Å²) in [5.74, 6) is 3.33. The Morgan fingerprint density at radius 1 is 1.26 bits per heavy atom. The smallest absolute Gasteiger partial charge is 0.193 e. The van der Waals surface area contributed by atoms with Crippen molar-refractivity contribution < 1.29 is 14.2 Å². The second-order valence-electron chi connectivity index (χ2n) is 6.64. The summed E-state index contributed by atoms with van der Waals surface area (Å²) in [4.78, 5) is 6.83. The summed E-state index contributed by atoms with van der Waals surface area (Å²) in [6.45, 7) is 6.09. The van der Waals surface area contributed by atoms with Crippen molar-refractivity contribution >= 4 is 29.9 Å². The molecule has 0 aromatic heterocycles. The van der Waals surface area contributed by atoms with Crippen LogP contribution in [0.25, 0.3) is 0 Å². The largest absolute Gasteiger partial charge is 0.497 e. The minimum absolute atomic E-state index is 0. The van der Waals surface area contributed by atoms with E-state index in [-0.39, 0.29) is 24.0 Å². The maximum atomic E-state index is 5.68. The van der Waals surface area contributed by atoms with Crippen LogP contribution in [0.15, 0.2) is 23.2 Å². The number of hydrogen-bond acceptors (Lipinski definition) is 4. The van der Waals surface area contributed by atoms with E-state index in [2.05, 4.69) is 17.1 Å². The van der Waals surface area contributed by atoms with Crippen LogP contribution in [0, 0.1) is 5.92 Å². The van der Waals surface area contributed by atoms with Crippen LogP contribution in [-0.2, 0) is 11.3 Å². The Bertz CT molecular complexity index is 580. The van der Waals surface area contributed by atoms with Crippen LogP contribution >= 0.6 is 24.0 Å². The molecule has 0 aliphatic heterocycles. The summed E-state index contributed by atoms with van der Waals surface area (Å²) < 4.78 is 16.4. The van der Waals surface area contributed by atoms with E-state index in [9.17, 15) is 0 Å². The predicted octanol–water partition coefficient (Wildman–Crippen LogP) is 3.54. The van der Waals surface area contributed by atoms with E-state index in [0.717, 1.165) is 61.7 Å². The number of rotatable bonds is 11. The SMILES string of the molecule is CCNC(=NCCCOCC1CC1)N(C)Cc1ccc(OC)cc1OC.I. The van der Waals surface area contributed by atoms with Gasteiger partial charge < -0.3 is 24.4 Å². The maximum absolute atomic E-state index is 5.68. The lowest BCUT2D eigenvalue weighted by atomic mass is 10.2. The minimum Gasteiger partial charge on any atom is -0.497 e. The Kier molecular flexibility index (Phi) is 11.5. The fraction of sp³-hybridized carbons (Fsp3) is 0.650. The second-order valence-corrected chi connectivity index (χ2v) is 6.64. The number of aliphatic imine (C=N–C) groups is 1. The first-order valence-electron chi connectivity index (χ1n) is 9.46. The number of halogens is 1. The van der Waals surface area contributed by atoms with Gasteiger partial charge in [-0.3, -0.25) is 4.99 Å². The van der Waals surface area contributed by atoms with Crippen molar-refractivity contribution in [2.45, 2.75) is 32.7 Å². The highest BCUT2D eigenvalue weighted by atomic mass is 127. The molecule has 0 unspecified atom stereocenters. The van der Waals surface area contributed by atoms with E-state index in [1.807, 2.05) is 25.2 Å². The second kappa shape index (κ2) is 13.0. The lowest BCUT2D eigenvalue weighted by Crippen LogP contribution is -2.38. The molecule has 0 bridgehead atoms. The first-order chi connectivity index (χ1) is 12.7. The predicted molar refractivity (Wildman–Crippen MR) is 121 cm³/mol. The number of nitrogens with zero attached hydrogens (tertiary/aromatic N) is 2. The number of ether oxygens (including phenoxy) is 3. The van der Waals surface area contributed by atoms with Gasteiger partial charge in [-0.25, -0.2) is 0 Å². The molecular weight excluding hydrogens is 457 g/mol. The summed E-state index contributed by atoms with van der Waals surface area (Å²) in [5, 5.41) is 3.35. The molecule has 1 fully saturated rings. The molecule has 1 aliphatic rings. The van der Waals surface area contributed by atoms with E-state index >= 15 is 0 Å². The molecule has 0 saturated heterocycles. The van der Waals surface area contributed by atoms with Crippen molar-refractivity contribution in [1.82, 2.24) is 10.2 Å². The Balaban J connectivity index is 0.00000364. The van der Waals surface area contributed by atoms with Crippen LogP contribution in [0.4, 0.5) is 0 Å². The topological polar surface area (TPSA) is 55.3 Å². The third-order valence-corrected chi connectivity index (χ3v) is 4.36. The van der Waals surface area contributed by atoms with Crippen molar-refractivity contribution in [3.63, 3.8) is 0 Å². The standard InChI is InChI=1S/C20H33N3O3.HI/c1-5-21-20(22-11-6-12-26-15-16-7-8-16)23(2)14-17-9-10-18(24-3)13-19(17)25-4;/h9-10,13,16H,5-8,11-12,14-15H2,1-4H3,(H,21,22);1H. The van der Waals surface area contributed by atoms with Crippen LogP contribution in [0.2, 0.25) is 0 Å². The maximum Gasteiger partial charge on any atom is 0.193 e. The number of hydrogen-bond donors (Lipinski definition) is 1. The molecule has 1 aromatic rings. The van der Waals surface area contributed by atoms with Gasteiger partial charge in [0.15, 0.2) is 5.96 Å². The fourth-order valence-electron chi connectivity index (χ4n) is 2.67. The fourth-order valence-corrected chi connectivity index (χ4v) is 2.67. The van der Waals surface area contributed by atoms with Crippen LogP contribution in [-0.4, -0.2) is 58.4 Å². The highest BCUT2D eigenvalue weighted by molar-refractivity contribution is 14.0. The molecule has 1 N–H and O–H groups in total. The van der Waals surface area contributed by atoms with Gasteiger partial charge in [-0.1, -0.05) is 0 Å². The normalized spacial score (nSPS) is 13.7. The zero-order valence-electron chi connectivity index (χ0n) is 17.0. The third kappa shape index (κ3) is 8.55. The molecule has 7 heteroatoms. The molecule has 0 heterocycles. The average Bonchev–Trinajstić information content (AvgIpc) is 3.48. The van der Waals surface area contributed by atoms with E-state index in [0.29, 0.717) is 6.54 Å². The summed E-state index contributed by atoms with van der Waals surface area (Å²) in [6.07, 6.45) is 3.62. The van der Waals surface area contributed by atoms with Crippen molar-refractivity contribution in [3.05, 3.63) is 23.8 Å². The summed E-state index contributed by atoms with van der Waals surface area (Å²) >= 11 is 0. The van der Waals surface area contributed by atoms with Gasteiger partial charge in [0, 0.05) is 51.5 Å². The molecule has 1 saturated carbocycles. The third-order valence-electron chi connectivity index (χ3n) is 4.36. The van der Waals surface area contributed by atoms with Gasteiger partial charge in [-0.05, 0) is 44.2 Å². The quantitative estimate of drug-likeness (QED) is 0.222. The molecule has 0 spiro atoms. The molecule has 27 heavy (non-hydrogen) atoms. The van der Waals surface area contributed by atoms with E-state index in [1.165, 1.54) is 12.8 Å². The Labute approximate surface area is 180 Å². The van der Waals surface area contributed by atoms with Crippen molar-refractivity contribution in [2.24, 2.45) is 10.9 Å². The van der Waals surface area contributed by atoms with Gasteiger partial charge in [0.1, 0.15) is 11.5 Å². The Hall–Kier alpha value is -1.22. The van der Waals surface area contributed by atoms with E-state index < -0.39 is 0 Å². The van der Waals surface area contributed by atoms with Gasteiger partial charge in [0.05, 0.1) is 14.2 Å². The molecule has 1 aromatic carbocycles. The molecule has 2 rings (SSSR count). The number of guanidine groups is 1. The summed E-state index contributed by atoms with van der Waals surface area (Å²) in [6, 6.07) is 5.89. The number of nitrogens with one attached hydrogen (secondary N) is 1. The molecule has 0 amide bonds. The van der Waals surface area contributed by atoms with Crippen molar-refractivity contribution in [3.8, 4) is 11.5 Å². The van der Waals surface area contributed by atoms with Crippen LogP contribution in [0.1, 0.15) is 31.7 Å². The number of methoxy groups -OCH3 is 2. The molecule has 154 valence electrons. The van der Waals surface area contributed by atoms with Crippen molar-refractivity contribution in [1.29, 1.82) is 0 Å². The van der Waals surface area contributed by atoms with Gasteiger partial charge in [-0.15, -0.1) is 24.0 Å². The molecular formula is C20H34IN3O3. The number of benzene rings is 1. The van der Waals surface area contributed by atoms with E-state index in [1.54, 1.807) is 14.2 Å². The average molecular weight is 491 g/mol. The van der Waals surface area contributed by atoms with Gasteiger partial charge in [-0.2, -0.15) is 0 Å². The molecule has 6 nitrogen and oxygen atoms in total. The van der Waals surface area contributed by atoms with Crippen molar-refractivity contribution in [2.75, 3.05) is 47.6 Å². The van der Waals surface area contributed by atoms with E-state index in [4.69, 9.17) is 19.2 Å². The summed E-state index contributed by atoms with van der Waals surface area (Å²) in [7, 11) is 5.37. The highest BCUT2D eigenvalue weighted by Gasteiger charge is 2.20. The molecule has 1 aliphatic carbocycles. The summed E-state index contributed by atoms with van der Waals surface area (Å²) in [5.41, 5.74) is 1.09. The Morgan fingerprint density at radius 2 is 2.04 bits per heavy atom. The lowest BCUT2D eigenvalue weighted by Gasteiger charge is -2.23. The van der Waals surface area contributed by atoms with Crippen LogP contribution < -0.4 is 14.8 Å². The van der Waals surface area contributed by atoms with Gasteiger partial charge >= 0.3 is 0 Å². The van der Waals surface area contributed by atoms with Crippen LogP contribution in [0.3, 0.4) is 0 Å².